The highest BCUT2D eigenvalue weighted by Gasteiger charge is 2.20. The molecular formula is C8H17NO. The second-order valence-electron chi connectivity index (χ2n) is 3.22. The third-order valence-electron chi connectivity index (χ3n) is 2.41. The highest BCUT2D eigenvalue weighted by molar-refractivity contribution is 4.75. The van der Waals surface area contributed by atoms with Gasteiger partial charge in [0.15, 0.2) is 0 Å². The molecule has 2 unspecified atom stereocenters. The third kappa shape index (κ3) is 1.70. The maximum Gasteiger partial charge on any atom is 0.0664 e. The molecule has 0 aromatic carbocycles. The van der Waals surface area contributed by atoms with Gasteiger partial charge in [-0.05, 0) is 39.8 Å². The minimum atomic E-state index is -0.182. The van der Waals surface area contributed by atoms with E-state index in [9.17, 15) is 5.11 Å². The first-order valence-corrected chi connectivity index (χ1v) is 4.14. The van der Waals surface area contributed by atoms with Crippen LogP contribution in [-0.2, 0) is 0 Å². The largest absolute Gasteiger partial charge is 0.392 e. The van der Waals surface area contributed by atoms with Gasteiger partial charge < -0.3 is 5.11 Å². The van der Waals surface area contributed by atoms with Crippen LogP contribution >= 0.6 is 0 Å². The summed E-state index contributed by atoms with van der Waals surface area (Å²) < 4.78 is 0. The Morgan fingerprint density at radius 3 is 2.10 bits per heavy atom. The Kier molecular flexibility index (Phi) is 2.69. The van der Waals surface area contributed by atoms with E-state index in [0.717, 1.165) is 0 Å². The van der Waals surface area contributed by atoms with Gasteiger partial charge in [-0.15, -0.1) is 0 Å². The molecule has 1 heterocycles. The molecule has 1 rings (SSSR count). The van der Waals surface area contributed by atoms with E-state index in [0.29, 0.717) is 6.04 Å². The Morgan fingerprint density at radius 2 is 1.70 bits per heavy atom. The van der Waals surface area contributed by atoms with Gasteiger partial charge in [-0.25, -0.2) is 0 Å². The van der Waals surface area contributed by atoms with Crippen molar-refractivity contribution in [3.63, 3.8) is 0 Å². The van der Waals surface area contributed by atoms with Crippen molar-refractivity contribution in [2.75, 3.05) is 13.1 Å². The Labute approximate surface area is 62.8 Å². The van der Waals surface area contributed by atoms with Crippen LogP contribution in [-0.4, -0.2) is 35.2 Å². The van der Waals surface area contributed by atoms with Crippen LogP contribution in [0.4, 0.5) is 0 Å². The zero-order valence-electron chi connectivity index (χ0n) is 6.88. The number of aliphatic hydroxyl groups is 1. The number of hydrogen-bond acceptors (Lipinski definition) is 2. The van der Waals surface area contributed by atoms with Gasteiger partial charge in [0.25, 0.3) is 0 Å². The molecule has 0 radical (unpaired) electrons. The Hall–Kier alpha value is -0.0800. The topological polar surface area (TPSA) is 23.5 Å². The number of nitrogens with zero attached hydrogens (tertiary/aromatic N) is 1. The average Bonchev–Trinajstić information content (AvgIpc) is 2.36. The summed E-state index contributed by atoms with van der Waals surface area (Å²) in [5.74, 6) is 0. The Bertz CT molecular complexity index is 97.4. The van der Waals surface area contributed by atoms with Gasteiger partial charge >= 0.3 is 0 Å². The maximum absolute atomic E-state index is 9.24. The summed E-state index contributed by atoms with van der Waals surface area (Å²) >= 11 is 0. The minimum absolute atomic E-state index is 0.182. The third-order valence-corrected chi connectivity index (χ3v) is 2.41. The quantitative estimate of drug-likeness (QED) is 0.619. The number of rotatable bonds is 2. The Balaban J connectivity index is 2.32. The Morgan fingerprint density at radius 1 is 1.20 bits per heavy atom. The predicted octanol–water partition coefficient (Wildman–Crippen LogP) is 0.851. The van der Waals surface area contributed by atoms with Crippen molar-refractivity contribution in [3.8, 4) is 0 Å². The van der Waals surface area contributed by atoms with E-state index in [1.807, 2.05) is 6.92 Å². The summed E-state index contributed by atoms with van der Waals surface area (Å²) in [4.78, 5) is 2.35. The summed E-state index contributed by atoms with van der Waals surface area (Å²) in [6.45, 7) is 6.30. The lowest BCUT2D eigenvalue weighted by Crippen LogP contribution is -2.37. The second-order valence-corrected chi connectivity index (χ2v) is 3.22. The molecule has 0 spiro atoms. The highest BCUT2D eigenvalue weighted by Crippen LogP contribution is 2.13. The van der Waals surface area contributed by atoms with E-state index < -0.39 is 0 Å². The minimum Gasteiger partial charge on any atom is -0.392 e. The smallest absolute Gasteiger partial charge is 0.0664 e. The normalized spacial score (nSPS) is 26.7. The van der Waals surface area contributed by atoms with Crippen molar-refractivity contribution < 1.29 is 5.11 Å². The molecule has 2 atom stereocenters. The molecule has 0 saturated carbocycles. The first-order chi connectivity index (χ1) is 4.72. The molecule has 0 aromatic heterocycles. The van der Waals surface area contributed by atoms with Crippen LogP contribution in [0.15, 0.2) is 0 Å². The summed E-state index contributed by atoms with van der Waals surface area (Å²) in [5, 5.41) is 9.24. The molecule has 1 aliphatic rings. The lowest BCUT2D eigenvalue weighted by atomic mass is 10.2. The lowest BCUT2D eigenvalue weighted by Gasteiger charge is -2.25. The zero-order chi connectivity index (χ0) is 7.56. The van der Waals surface area contributed by atoms with Gasteiger partial charge in [0.2, 0.25) is 0 Å². The van der Waals surface area contributed by atoms with Crippen LogP contribution < -0.4 is 0 Å². The molecule has 0 aliphatic carbocycles. The molecule has 1 saturated heterocycles. The highest BCUT2D eigenvalue weighted by atomic mass is 16.3. The standard InChI is InChI=1S/C8H17NO/c1-7(8(2)10)9-5-3-4-6-9/h7-8,10H,3-6H2,1-2H3. The van der Waals surface area contributed by atoms with Crippen molar-refractivity contribution in [3.05, 3.63) is 0 Å². The number of likely N-dealkylation sites (tertiary alicyclic amines) is 1. The van der Waals surface area contributed by atoms with Gasteiger partial charge in [0.1, 0.15) is 0 Å². The molecule has 10 heavy (non-hydrogen) atoms. The van der Waals surface area contributed by atoms with Crippen molar-refractivity contribution in [1.82, 2.24) is 4.90 Å². The maximum atomic E-state index is 9.24. The van der Waals surface area contributed by atoms with Gasteiger partial charge in [-0.1, -0.05) is 0 Å². The van der Waals surface area contributed by atoms with E-state index in [2.05, 4.69) is 11.8 Å². The molecule has 2 heteroatoms. The van der Waals surface area contributed by atoms with Crippen LogP contribution in [0.5, 0.6) is 0 Å². The van der Waals surface area contributed by atoms with E-state index in [-0.39, 0.29) is 6.10 Å². The summed E-state index contributed by atoms with van der Waals surface area (Å²) in [7, 11) is 0. The van der Waals surface area contributed by atoms with Crippen molar-refractivity contribution in [1.29, 1.82) is 0 Å². The molecular weight excluding hydrogens is 126 g/mol. The number of aliphatic hydroxyl groups excluding tert-OH is 1. The second kappa shape index (κ2) is 3.35. The SMILES string of the molecule is CC(O)C(C)N1CCCC1. The molecule has 0 bridgehead atoms. The van der Waals surface area contributed by atoms with E-state index >= 15 is 0 Å². The fourth-order valence-electron chi connectivity index (χ4n) is 1.45. The van der Waals surface area contributed by atoms with Gasteiger partial charge in [-0.3, -0.25) is 4.90 Å². The van der Waals surface area contributed by atoms with Crippen molar-refractivity contribution in [2.45, 2.75) is 38.8 Å². The predicted molar refractivity (Wildman–Crippen MR) is 41.9 cm³/mol. The molecule has 1 fully saturated rings. The van der Waals surface area contributed by atoms with Gasteiger partial charge in [0, 0.05) is 6.04 Å². The lowest BCUT2D eigenvalue weighted by molar-refractivity contribution is 0.0857. The molecule has 0 amide bonds. The summed E-state index contributed by atoms with van der Waals surface area (Å²) in [5.41, 5.74) is 0. The van der Waals surface area contributed by atoms with Crippen LogP contribution in [0.2, 0.25) is 0 Å². The van der Waals surface area contributed by atoms with Crippen molar-refractivity contribution >= 4 is 0 Å². The van der Waals surface area contributed by atoms with Crippen LogP contribution in [0.25, 0.3) is 0 Å². The summed E-state index contributed by atoms with van der Waals surface area (Å²) in [6, 6.07) is 0.350. The van der Waals surface area contributed by atoms with Gasteiger partial charge in [0.05, 0.1) is 6.10 Å². The molecule has 2 nitrogen and oxygen atoms in total. The summed E-state index contributed by atoms with van der Waals surface area (Å²) in [6.07, 6.45) is 2.42. The zero-order valence-corrected chi connectivity index (χ0v) is 6.88. The molecule has 60 valence electrons. The average molecular weight is 143 g/mol. The van der Waals surface area contributed by atoms with Gasteiger partial charge in [-0.2, -0.15) is 0 Å². The van der Waals surface area contributed by atoms with E-state index in [1.165, 1.54) is 25.9 Å². The fourth-order valence-corrected chi connectivity index (χ4v) is 1.45. The first kappa shape index (κ1) is 8.02. The first-order valence-electron chi connectivity index (χ1n) is 4.14. The van der Waals surface area contributed by atoms with Crippen LogP contribution in [0.1, 0.15) is 26.7 Å². The molecule has 1 N–H and O–H groups in total. The van der Waals surface area contributed by atoms with Crippen LogP contribution in [0, 0.1) is 0 Å². The van der Waals surface area contributed by atoms with Crippen molar-refractivity contribution in [2.24, 2.45) is 0 Å². The molecule has 0 aromatic rings. The number of hydrogen-bond donors (Lipinski definition) is 1. The monoisotopic (exact) mass is 143 g/mol. The fraction of sp³-hybridized carbons (Fsp3) is 1.00. The molecule has 1 aliphatic heterocycles. The van der Waals surface area contributed by atoms with E-state index in [4.69, 9.17) is 0 Å². The van der Waals surface area contributed by atoms with E-state index in [1.54, 1.807) is 0 Å². The van der Waals surface area contributed by atoms with Crippen LogP contribution in [0.3, 0.4) is 0 Å².